The third kappa shape index (κ3) is 3.53. The van der Waals surface area contributed by atoms with Gasteiger partial charge in [0.05, 0.1) is 6.54 Å². The SMILES string of the molecule is CN(C)C(=O)CNCCc1ncno1. The molecule has 1 heterocycles. The van der Waals surface area contributed by atoms with Gasteiger partial charge in [0.1, 0.15) is 0 Å². The van der Waals surface area contributed by atoms with Crippen molar-refractivity contribution < 1.29 is 9.32 Å². The van der Waals surface area contributed by atoms with Crippen LogP contribution >= 0.6 is 0 Å². The number of carbonyl (C=O) groups is 1. The Balaban J connectivity index is 2.08. The molecule has 1 rings (SSSR count). The van der Waals surface area contributed by atoms with Crippen molar-refractivity contribution >= 4 is 5.91 Å². The summed E-state index contributed by atoms with van der Waals surface area (Å²) in [6.45, 7) is 0.989. The van der Waals surface area contributed by atoms with E-state index in [2.05, 4.69) is 15.5 Å². The largest absolute Gasteiger partial charge is 0.348 e. The van der Waals surface area contributed by atoms with Gasteiger partial charge in [-0.05, 0) is 0 Å². The summed E-state index contributed by atoms with van der Waals surface area (Å²) in [6, 6.07) is 0. The van der Waals surface area contributed by atoms with Crippen molar-refractivity contribution in [1.29, 1.82) is 0 Å². The lowest BCUT2D eigenvalue weighted by atomic mass is 10.4. The third-order valence-corrected chi connectivity index (χ3v) is 1.70. The molecule has 0 fully saturated rings. The average molecular weight is 198 g/mol. The van der Waals surface area contributed by atoms with Crippen LogP contribution in [0.15, 0.2) is 10.9 Å². The fourth-order valence-corrected chi connectivity index (χ4v) is 0.855. The second kappa shape index (κ2) is 5.33. The molecular weight excluding hydrogens is 184 g/mol. The van der Waals surface area contributed by atoms with Crippen molar-refractivity contribution in [2.75, 3.05) is 27.2 Å². The maximum atomic E-state index is 11.1. The third-order valence-electron chi connectivity index (χ3n) is 1.70. The molecule has 0 saturated heterocycles. The molecule has 0 aliphatic carbocycles. The van der Waals surface area contributed by atoms with Gasteiger partial charge in [0.25, 0.3) is 0 Å². The topological polar surface area (TPSA) is 71.3 Å². The molecule has 78 valence electrons. The van der Waals surface area contributed by atoms with E-state index in [4.69, 9.17) is 4.52 Å². The Morgan fingerprint density at radius 2 is 2.43 bits per heavy atom. The zero-order chi connectivity index (χ0) is 10.4. The molecule has 0 aliphatic rings. The van der Waals surface area contributed by atoms with E-state index in [-0.39, 0.29) is 5.91 Å². The van der Waals surface area contributed by atoms with Gasteiger partial charge in [-0.15, -0.1) is 0 Å². The molecule has 1 amide bonds. The Bertz CT molecular complexity index is 271. The molecule has 0 aliphatic heterocycles. The molecule has 14 heavy (non-hydrogen) atoms. The van der Waals surface area contributed by atoms with E-state index >= 15 is 0 Å². The molecule has 1 N–H and O–H groups in total. The molecule has 0 saturated carbocycles. The average Bonchev–Trinajstić information content (AvgIpc) is 2.64. The predicted octanol–water partition coefficient (Wildman–Crippen LogP) is -0.710. The Labute approximate surface area is 82.3 Å². The summed E-state index contributed by atoms with van der Waals surface area (Å²) < 4.78 is 4.79. The van der Waals surface area contributed by atoms with Crippen LogP contribution < -0.4 is 5.32 Å². The summed E-state index contributed by atoms with van der Waals surface area (Å²) in [5.41, 5.74) is 0. The van der Waals surface area contributed by atoms with E-state index in [1.165, 1.54) is 6.33 Å². The number of hydrogen-bond acceptors (Lipinski definition) is 5. The number of nitrogens with zero attached hydrogens (tertiary/aromatic N) is 3. The molecule has 0 bridgehead atoms. The highest BCUT2D eigenvalue weighted by atomic mass is 16.5. The fraction of sp³-hybridized carbons (Fsp3) is 0.625. The normalized spacial score (nSPS) is 10.1. The first-order valence-corrected chi connectivity index (χ1v) is 4.36. The Morgan fingerprint density at radius 1 is 1.64 bits per heavy atom. The van der Waals surface area contributed by atoms with Crippen molar-refractivity contribution in [2.45, 2.75) is 6.42 Å². The van der Waals surface area contributed by atoms with Crippen LogP contribution in [-0.2, 0) is 11.2 Å². The summed E-state index contributed by atoms with van der Waals surface area (Å²) in [5, 5.41) is 6.46. The van der Waals surface area contributed by atoms with Gasteiger partial charge in [-0.25, -0.2) is 0 Å². The number of hydrogen-bond donors (Lipinski definition) is 1. The molecule has 6 heteroatoms. The van der Waals surface area contributed by atoms with E-state index in [1.54, 1.807) is 19.0 Å². The molecular formula is C8H14N4O2. The Hall–Kier alpha value is -1.43. The quantitative estimate of drug-likeness (QED) is 0.633. The summed E-state index contributed by atoms with van der Waals surface area (Å²) in [6.07, 6.45) is 2.00. The lowest BCUT2D eigenvalue weighted by Gasteiger charge is -2.09. The minimum absolute atomic E-state index is 0.0514. The number of rotatable bonds is 5. The van der Waals surface area contributed by atoms with Crippen molar-refractivity contribution in [1.82, 2.24) is 20.4 Å². The minimum Gasteiger partial charge on any atom is -0.348 e. The van der Waals surface area contributed by atoms with Crippen molar-refractivity contribution in [2.24, 2.45) is 0 Å². The number of aromatic nitrogens is 2. The van der Waals surface area contributed by atoms with Crippen LogP contribution in [-0.4, -0.2) is 48.1 Å². The lowest BCUT2D eigenvalue weighted by molar-refractivity contribution is -0.127. The summed E-state index contributed by atoms with van der Waals surface area (Å²) in [7, 11) is 3.45. The molecule has 0 atom stereocenters. The van der Waals surface area contributed by atoms with Gasteiger partial charge in [-0.1, -0.05) is 5.16 Å². The van der Waals surface area contributed by atoms with Crippen LogP contribution in [0.3, 0.4) is 0 Å². The molecule has 0 unspecified atom stereocenters. The summed E-state index contributed by atoms with van der Waals surface area (Å²) >= 11 is 0. The second-order valence-corrected chi connectivity index (χ2v) is 3.05. The van der Waals surface area contributed by atoms with E-state index in [0.29, 0.717) is 25.4 Å². The van der Waals surface area contributed by atoms with Gasteiger partial charge in [0.15, 0.2) is 6.33 Å². The highest BCUT2D eigenvalue weighted by Crippen LogP contribution is 1.90. The van der Waals surface area contributed by atoms with Gasteiger partial charge >= 0.3 is 0 Å². The number of likely N-dealkylation sites (N-methyl/N-ethyl adjacent to an activating group) is 1. The van der Waals surface area contributed by atoms with Crippen molar-refractivity contribution in [3.63, 3.8) is 0 Å². The smallest absolute Gasteiger partial charge is 0.236 e. The fourth-order valence-electron chi connectivity index (χ4n) is 0.855. The van der Waals surface area contributed by atoms with Crippen LogP contribution in [0, 0.1) is 0 Å². The van der Waals surface area contributed by atoms with Gasteiger partial charge in [-0.2, -0.15) is 4.98 Å². The maximum absolute atomic E-state index is 11.1. The minimum atomic E-state index is 0.0514. The van der Waals surface area contributed by atoms with E-state index in [1.807, 2.05) is 0 Å². The van der Waals surface area contributed by atoms with Crippen molar-refractivity contribution in [3.05, 3.63) is 12.2 Å². The second-order valence-electron chi connectivity index (χ2n) is 3.05. The van der Waals surface area contributed by atoms with Crippen molar-refractivity contribution in [3.8, 4) is 0 Å². The number of carbonyl (C=O) groups excluding carboxylic acids is 1. The first-order chi connectivity index (χ1) is 6.70. The van der Waals surface area contributed by atoms with Gasteiger partial charge in [0.2, 0.25) is 11.8 Å². The highest BCUT2D eigenvalue weighted by Gasteiger charge is 2.03. The number of amides is 1. The monoisotopic (exact) mass is 198 g/mol. The molecule has 0 aromatic carbocycles. The zero-order valence-corrected chi connectivity index (χ0v) is 8.36. The highest BCUT2D eigenvalue weighted by molar-refractivity contribution is 5.77. The molecule has 1 aromatic heterocycles. The van der Waals surface area contributed by atoms with E-state index in [9.17, 15) is 4.79 Å². The van der Waals surface area contributed by atoms with E-state index in [0.717, 1.165) is 0 Å². The van der Waals surface area contributed by atoms with Crippen LogP contribution in [0.25, 0.3) is 0 Å². The van der Waals surface area contributed by atoms with Crippen LogP contribution in [0.2, 0.25) is 0 Å². The summed E-state index contributed by atoms with van der Waals surface area (Å²) in [4.78, 5) is 16.5. The number of nitrogens with one attached hydrogen (secondary N) is 1. The van der Waals surface area contributed by atoms with E-state index < -0.39 is 0 Å². The first kappa shape index (κ1) is 10.6. The Morgan fingerprint density at radius 3 is 3.00 bits per heavy atom. The lowest BCUT2D eigenvalue weighted by Crippen LogP contribution is -2.33. The molecule has 6 nitrogen and oxygen atoms in total. The molecule has 0 spiro atoms. The maximum Gasteiger partial charge on any atom is 0.236 e. The molecule has 1 aromatic rings. The molecule has 0 radical (unpaired) electrons. The van der Waals surface area contributed by atoms with Gasteiger partial charge in [-0.3, -0.25) is 4.79 Å². The van der Waals surface area contributed by atoms with Gasteiger partial charge < -0.3 is 14.7 Å². The van der Waals surface area contributed by atoms with Crippen LogP contribution in [0.1, 0.15) is 5.89 Å². The predicted molar refractivity (Wildman–Crippen MR) is 49.6 cm³/mol. The standard InChI is InChI=1S/C8H14N4O2/c1-12(2)8(13)5-9-4-3-7-10-6-11-14-7/h6,9H,3-5H2,1-2H3. The van der Waals surface area contributed by atoms with Gasteiger partial charge in [0, 0.05) is 27.1 Å². The van der Waals surface area contributed by atoms with Crippen LogP contribution in [0.5, 0.6) is 0 Å². The van der Waals surface area contributed by atoms with Crippen LogP contribution in [0.4, 0.5) is 0 Å². The first-order valence-electron chi connectivity index (χ1n) is 4.36. The summed E-state index contributed by atoms with van der Waals surface area (Å²) in [5.74, 6) is 0.630. The zero-order valence-electron chi connectivity index (χ0n) is 8.36. The Kier molecular flexibility index (Phi) is 4.06.